The molecule has 0 atom stereocenters. The molecule has 2 rings (SSSR count). The van der Waals surface area contributed by atoms with Crippen LogP contribution in [0.15, 0.2) is 0 Å². The first-order valence-corrected chi connectivity index (χ1v) is 8.66. The third-order valence-electron chi connectivity index (χ3n) is 5.24. The number of hydrogen-bond acceptors (Lipinski definition) is 2. The Kier molecular flexibility index (Phi) is 6.66. The monoisotopic (exact) mass is 266 g/mol. The van der Waals surface area contributed by atoms with Crippen LogP contribution < -0.4 is 5.32 Å². The minimum absolute atomic E-state index is 0.805. The molecule has 2 nitrogen and oxygen atoms in total. The molecule has 0 saturated heterocycles. The standard InChI is InChI=1S/C17H34N2/c1-15-8-10-17(11-9-15)18-12-13-19(2)14-16-6-4-3-5-7-16/h15-18H,3-14H2,1-2H3. The lowest BCUT2D eigenvalue weighted by Crippen LogP contribution is -2.39. The SMILES string of the molecule is CC1CCC(NCCN(C)CC2CCCCC2)CC1. The Morgan fingerprint density at radius 3 is 2.32 bits per heavy atom. The molecule has 0 aromatic rings. The summed E-state index contributed by atoms with van der Waals surface area (Å²) in [5.74, 6) is 1.95. The Morgan fingerprint density at radius 1 is 0.947 bits per heavy atom. The van der Waals surface area contributed by atoms with Crippen molar-refractivity contribution in [3.05, 3.63) is 0 Å². The molecule has 0 aliphatic heterocycles. The van der Waals surface area contributed by atoms with Gasteiger partial charge in [-0.15, -0.1) is 0 Å². The molecule has 2 saturated carbocycles. The van der Waals surface area contributed by atoms with Gasteiger partial charge in [0.2, 0.25) is 0 Å². The first-order chi connectivity index (χ1) is 9.24. The first kappa shape index (κ1) is 15.3. The number of nitrogens with one attached hydrogen (secondary N) is 1. The summed E-state index contributed by atoms with van der Waals surface area (Å²) in [6.07, 6.45) is 13.0. The largest absolute Gasteiger partial charge is 0.313 e. The molecule has 0 amide bonds. The maximum Gasteiger partial charge on any atom is 0.0104 e. The van der Waals surface area contributed by atoms with Gasteiger partial charge in [0.1, 0.15) is 0 Å². The van der Waals surface area contributed by atoms with E-state index in [0.29, 0.717) is 0 Å². The van der Waals surface area contributed by atoms with Crippen molar-refractivity contribution in [2.75, 3.05) is 26.7 Å². The Morgan fingerprint density at radius 2 is 1.63 bits per heavy atom. The first-order valence-electron chi connectivity index (χ1n) is 8.66. The molecule has 2 heteroatoms. The highest BCUT2D eigenvalue weighted by Gasteiger charge is 2.18. The van der Waals surface area contributed by atoms with E-state index in [0.717, 1.165) is 17.9 Å². The maximum atomic E-state index is 3.77. The van der Waals surface area contributed by atoms with Crippen molar-refractivity contribution in [1.29, 1.82) is 0 Å². The van der Waals surface area contributed by atoms with Gasteiger partial charge in [-0.05, 0) is 57.4 Å². The third kappa shape index (κ3) is 5.83. The fraction of sp³-hybridized carbons (Fsp3) is 1.00. The van der Waals surface area contributed by atoms with Crippen LogP contribution >= 0.6 is 0 Å². The highest BCUT2D eigenvalue weighted by molar-refractivity contribution is 4.76. The minimum Gasteiger partial charge on any atom is -0.313 e. The van der Waals surface area contributed by atoms with E-state index in [1.54, 1.807) is 0 Å². The van der Waals surface area contributed by atoms with Crippen molar-refractivity contribution in [3.63, 3.8) is 0 Å². The molecular weight excluding hydrogens is 232 g/mol. The van der Waals surface area contributed by atoms with E-state index in [1.165, 1.54) is 77.4 Å². The van der Waals surface area contributed by atoms with Gasteiger partial charge in [-0.2, -0.15) is 0 Å². The molecule has 19 heavy (non-hydrogen) atoms. The molecule has 0 radical (unpaired) electrons. The summed E-state index contributed by atoms with van der Waals surface area (Å²) >= 11 is 0. The van der Waals surface area contributed by atoms with Crippen molar-refractivity contribution < 1.29 is 0 Å². The maximum absolute atomic E-state index is 3.77. The summed E-state index contributed by atoms with van der Waals surface area (Å²) in [7, 11) is 2.30. The van der Waals surface area contributed by atoms with E-state index >= 15 is 0 Å². The Hall–Kier alpha value is -0.0800. The molecule has 0 bridgehead atoms. The molecule has 112 valence electrons. The number of hydrogen-bond donors (Lipinski definition) is 1. The highest BCUT2D eigenvalue weighted by Crippen LogP contribution is 2.24. The van der Waals surface area contributed by atoms with Crippen molar-refractivity contribution in [3.8, 4) is 0 Å². The normalized spacial score (nSPS) is 29.8. The predicted molar refractivity (Wildman–Crippen MR) is 83.5 cm³/mol. The number of nitrogens with zero attached hydrogens (tertiary/aromatic N) is 1. The van der Waals surface area contributed by atoms with Gasteiger partial charge in [-0.25, -0.2) is 0 Å². The van der Waals surface area contributed by atoms with Crippen LogP contribution in [0.3, 0.4) is 0 Å². The van der Waals surface area contributed by atoms with Crippen LogP contribution in [0.1, 0.15) is 64.7 Å². The summed E-state index contributed by atoms with van der Waals surface area (Å²) in [5.41, 5.74) is 0. The summed E-state index contributed by atoms with van der Waals surface area (Å²) in [6.45, 7) is 6.13. The zero-order chi connectivity index (χ0) is 13.5. The van der Waals surface area contributed by atoms with Gasteiger partial charge in [0.25, 0.3) is 0 Å². The fourth-order valence-electron chi connectivity index (χ4n) is 3.83. The van der Waals surface area contributed by atoms with Gasteiger partial charge >= 0.3 is 0 Å². The molecule has 0 aromatic heterocycles. The average molecular weight is 266 g/mol. The molecule has 0 spiro atoms. The highest BCUT2D eigenvalue weighted by atomic mass is 15.1. The van der Waals surface area contributed by atoms with Crippen LogP contribution in [0.4, 0.5) is 0 Å². The molecule has 1 N–H and O–H groups in total. The van der Waals surface area contributed by atoms with Gasteiger partial charge in [0.05, 0.1) is 0 Å². The van der Waals surface area contributed by atoms with Gasteiger partial charge in [0, 0.05) is 25.7 Å². The number of rotatable bonds is 6. The van der Waals surface area contributed by atoms with Crippen molar-refractivity contribution in [1.82, 2.24) is 10.2 Å². The molecule has 0 unspecified atom stereocenters. The van der Waals surface area contributed by atoms with E-state index < -0.39 is 0 Å². The van der Waals surface area contributed by atoms with Crippen LogP contribution in [0, 0.1) is 11.8 Å². The molecule has 2 fully saturated rings. The fourth-order valence-corrected chi connectivity index (χ4v) is 3.83. The van der Waals surface area contributed by atoms with Gasteiger partial charge in [-0.3, -0.25) is 0 Å². The summed E-state index contributed by atoms with van der Waals surface area (Å²) in [5, 5.41) is 3.77. The lowest BCUT2D eigenvalue weighted by molar-refractivity contribution is 0.226. The van der Waals surface area contributed by atoms with Crippen LogP contribution in [-0.2, 0) is 0 Å². The minimum atomic E-state index is 0.805. The second-order valence-corrected chi connectivity index (χ2v) is 7.18. The summed E-state index contributed by atoms with van der Waals surface area (Å²) < 4.78 is 0. The van der Waals surface area contributed by atoms with Crippen LogP contribution in [0.2, 0.25) is 0 Å². The predicted octanol–water partition coefficient (Wildman–Crippen LogP) is 3.67. The molecule has 0 aromatic carbocycles. The zero-order valence-electron chi connectivity index (χ0n) is 13.2. The van der Waals surface area contributed by atoms with Gasteiger partial charge < -0.3 is 10.2 Å². The third-order valence-corrected chi connectivity index (χ3v) is 5.24. The Balaban J connectivity index is 1.52. The molecule has 2 aliphatic rings. The molecule has 0 heterocycles. The van der Waals surface area contributed by atoms with Crippen molar-refractivity contribution in [2.24, 2.45) is 11.8 Å². The topological polar surface area (TPSA) is 15.3 Å². The lowest BCUT2D eigenvalue weighted by atomic mass is 9.87. The van der Waals surface area contributed by atoms with Crippen molar-refractivity contribution >= 4 is 0 Å². The van der Waals surface area contributed by atoms with Crippen molar-refractivity contribution in [2.45, 2.75) is 70.8 Å². The zero-order valence-corrected chi connectivity index (χ0v) is 13.2. The smallest absolute Gasteiger partial charge is 0.0104 e. The lowest BCUT2D eigenvalue weighted by Gasteiger charge is -2.29. The van der Waals surface area contributed by atoms with Gasteiger partial charge in [0.15, 0.2) is 0 Å². The van der Waals surface area contributed by atoms with E-state index in [9.17, 15) is 0 Å². The van der Waals surface area contributed by atoms with Crippen LogP contribution in [-0.4, -0.2) is 37.6 Å². The summed E-state index contributed by atoms with van der Waals surface area (Å²) in [6, 6.07) is 0.805. The number of likely N-dealkylation sites (N-methyl/N-ethyl adjacent to an activating group) is 1. The van der Waals surface area contributed by atoms with E-state index in [-0.39, 0.29) is 0 Å². The quantitative estimate of drug-likeness (QED) is 0.789. The summed E-state index contributed by atoms with van der Waals surface area (Å²) in [4.78, 5) is 2.55. The molecule has 2 aliphatic carbocycles. The Labute approximate surface area is 120 Å². The van der Waals surface area contributed by atoms with E-state index in [4.69, 9.17) is 0 Å². The van der Waals surface area contributed by atoms with E-state index in [1.807, 2.05) is 0 Å². The average Bonchev–Trinajstić information content (AvgIpc) is 2.42. The van der Waals surface area contributed by atoms with Crippen LogP contribution in [0.25, 0.3) is 0 Å². The molecular formula is C17H34N2. The second-order valence-electron chi connectivity index (χ2n) is 7.18. The Bertz CT molecular complexity index is 227. The second kappa shape index (κ2) is 8.26. The van der Waals surface area contributed by atoms with Gasteiger partial charge in [-0.1, -0.05) is 26.2 Å². The van der Waals surface area contributed by atoms with Crippen LogP contribution in [0.5, 0.6) is 0 Å². The van der Waals surface area contributed by atoms with E-state index in [2.05, 4.69) is 24.2 Å².